The van der Waals surface area contributed by atoms with E-state index in [1.165, 1.54) is 0 Å². The van der Waals surface area contributed by atoms with Gasteiger partial charge in [-0.15, -0.1) is 0 Å². The van der Waals surface area contributed by atoms with E-state index < -0.39 is 0 Å². The smallest absolute Gasteiger partial charge is 0.255 e. The third-order valence-corrected chi connectivity index (χ3v) is 3.18. The van der Waals surface area contributed by atoms with Gasteiger partial charge in [0.15, 0.2) is 0 Å². The zero-order chi connectivity index (χ0) is 14.0. The molecule has 0 saturated carbocycles. The fourth-order valence-electron chi connectivity index (χ4n) is 1.73. The first kappa shape index (κ1) is 13.8. The lowest BCUT2D eigenvalue weighted by Gasteiger charge is -2.10. The molecule has 98 valence electrons. The molecule has 0 fully saturated rings. The second-order valence-electron chi connectivity index (χ2n) is 4.18. The summed E-state index contributed by atoms with van der Waals surface area (Å²) in [5.41, 5.74) is 2.72. The van der Waals surface area contributed by atoms with E-state index in [2.05, 4.69) is 10.3 Å². The van der Waals surface area contributed by atoms with Gasteiger partial charge in [-0.2, -0.15) is 0 Å². The van der Waals surface area contributed by atoms with Crippen LogP contribution in [0.4, 0.5) is 5.69 Å². The molecule has 0 aliphatic heterocycles. The average Bonchev–Trinajstić information content (AvgIpc) is 2.32. The lowest BCUT2D eigenvalue weighted by Crippen LogP contribution is -2.14. The molecule has 0 aliphatic rings. The molecule has 0 unspecified atom stereocenters. The molecule has 0 atom stereocenters. The third kappa shape index (κ3) is 3.25. The van der Waals surface area contributed by atoms with Gasteiger partial charge < -0.3 is 5.32 Å². The number of carbonyl (C=O) groups is 1. The van der Waals surface area contributed by atoms with Crippen LogP contribution in [0, 0.1) is 13.8 Å². The zero-order valence-corrected chi connectivity index (χ0v) is 12.0. The molecule has 0 radical (unpaired) electrons. The minimum atomic E-state index is -0.193. The highest BCUT2D eigenvalue weighted by atomic mass is 35.5. The Morgan fingerprint density at radius 2 is 1.89 bits per heavy atom. The van der Waals surface area contributed by atoms with Crippen molar-refractivity contribution in [1.29, 1.82) is 0 Å². The molecule has 2 aromatic rings. The van der Waals surface area contributed by atoms with Crippen molar-refractivity contribution in [3.05, 3.63) is 57.3 Å². The number of benzene rings is 1. The molecule has 0 bridgehead atoms. The summed E-state index contributed by atoms with van der Waals surface area (Å²) in [5.74, 6) is -0.193. The van der Waals surface area contributed by atoms with Crippen molar-refractivity contribution < 1.29 is 4.79 Å². The molecule has 2 rings (SSSR count). The maximum absolute atomic E-state index is 12.2. The van der Waals surface area contributed by atoms with Crippen LogP contribution >= 0.6 is 23.2 Å². The number of hydrogen-bond acceptors (Lipinski definition) is 2. The van der Waals surface area contributed by atoms with Crippen molar-refractivity contribution >= 4 is 34.8 Å². The number of aryl methyl sites for hydroxylation is 2. The van der Waals surface area contributed by atoms with E-state index in [0.29, 0.717) is 27.1 Å². The number of pyridine rings is 1. The first-order valence-corrected chi connectivity index (χ1v) is 6.43. The molecular formula is C14H12Cl2N2O. The van der Waals surface area contributed by atoms with Gasteiger partial charge in [-0.05, 0) is 49.7 Å². The summed E-state index contributed by atoms with van der Waals surface area (Å²) in [6, 6.07) is 8.51. The highest BCUT2D eigenvalue weighted by Crippen LogP contribution is 2.19. The van der Waals surface area contributed by atoms with Gasteiger partial charge in [0.05, 0.1) is 11.4 Å². The second-order valence-corrected chi connectivity index (χ2v) is 5.00. The van der Waals surface area contributed by atoms with E-state index in [0.717, 1.165) is 5.56 Å². The molecule has 1 aromatic heterocycles. The molecule has 1 aromatic carbocycles. The van der Waals surface area contributed by atoms with Crippen LogP contribution in [0.1, 0.15) is 21.6 Å². The lowest BCUT2D eigenvalue weighted by atomic mass is 10.1. The minimum absolute atomic E-state index is 0.193. The van der Waals surface area contributed by atoms with Gasteiger partial charge in [0.2, 0.25) is 0 Å². The van der Waals surface area contributed by atoms with Crippen LogP contribution in [0.15, 0.2) is 30.3 Å². The van der Waals surface area contributed by atoms with Crippen LogP contribution < -0.4 is 5.32 Å². The summed E-state index contributed by atoms with van der Waals surface area (Å²) >= 11 is 11.6. The topological polar surface area (TPSA) is 42.0 Å². The van der Waals surface area contributed by atoms with Crippen molar-refractivity contribution in [2.75, 3.05) is 5.32 Å². The van der Waals surface area contributed by atoms with Gasteiger partial charge in [-0.3, -0.25) is 4.79 Å². The summed E-state index contributed by atoms with van der Waals surface area (Å²) in [7, 11) is 0. The monoisotopic (exact) mass is 294 g/mol. The Morgan fingerprint density at radius 3 is 2.53 bits per heavy atom. The molecule has 3 nitrogen and oxygen atoms in total. The lowest BCUT2D eigenvalue weighted by molar-refractivity contribution is 0.102. The number of anilines is 1. The van der Waals surface area contributed by atoms with Crippen LogP contribution in [0.2, 0.25) is 10.2 Å². The Labute approximate surface area is 121 Å². The fourth-order valence-corrected chi connectivity index (χ4v) is 2.15. The molecule has 0 saturated heterocycles. The standard InChI is InChI=1S/C14H12Cl2N2O/c1-8-7-10(15)3-4-11(8)14(19)18-12-5-6-13(16)17-9(12)2/h3-7H,1-2H3,(H,18,19). The number of aromatic nitrogens is 1. The first-order chi connectivity index (χ1) is 8.97. The highest BCUT2D eigenvalue weighted by Gasteiger charge is 2.11. The van der Waals surface area contributed by atoms with Gasteiger partial charge in [-0.25, -0.2) is 4.98 Å². The maximum Gasteiger partial charge on any atom is 0.255 e. The SMILES string of the molecule is Cc1cc(Cl)ccc1C(=O)Nc1ccc(Cl)nc1C. The minimum Gasteiger partial charge on any atom is -0.320 e. The van der Waals surface area contributed by atoms with Gasteiger partial charge >= 0.3 is 0 Å². The highest BCUT2D eigenvalue weighted by molar-refractivity contribution is 6.30. The van der Waals surface area contributed by atoms with Crippen LogP contribution in [-0.4, -0.2) is 10.9 Å². The Balaban J connectivity index is 2.25. The number of nitrogens with zero attached hydrogens (tertiary/aromatic N) is 1. The van der Waals surface area contributed by atoms with Crippen LogP contribution in [0.5, 0.6) is 0 Å². The molecule has 1 amide bonds. The molecule has 1 N–H and O–H groups in total. The van der Waals surface area contributed by atoms with Crippen molar-refractivity contribution in [2.24, 2.45) is 0 Å². The molecule has 19 heavy (non-hydrogen) atoms. The third-order valence-electron chi connectivity index (χ3n) is 2.73. The summed E-state index contributed by atoms with van der Waals surface area (Å²) < 4.78 is 0. The largest absolute Gasteiger partial charge is 0.320 e. The quantitative estimate of drug-likeness (QED) is 0.841. The number of hydrogen-bond donors (Lipinski definition) is 1. The molecule has 5 heteroatoms. The van der Waals surface area contributed by atoms with Crippen molar-refractivity contribution in [3.8, 4) is 0 Å². The van der Waals surface area contributed by atoms with E-state index >= 15 is 0 Å². The van der Waals surface area contributed by atoms with E-state index in [4.69, 9.17) is 23.2 Å². The molecule has 1 heterocycles. The predicted octanol–water partition coefficient (Wildman–Crippen LogP) is 4.26. The van der Waals surface area contributed by atoms with Crippen LogP contribution in [0.3, 0.4) is 0 Å². The summed E-state index contributed by atoms with van der Waals surface area (Å²) in [5, 5.41) is 3.82. The zero-order valence-electron chi connectivity index (χ0n) is 10.5. The Hall–Kier alpha value is -1.58. The van der Waals surface area contributed by atoms with Gasteiger partial charge in [0.25, 0.3) is 5.91 Å². The maximum atomic E-state index is 12.2. The van der Waals surface area contributed by atoms with E-state index in [-0.39, 0.29) is 5.91 Å². The summed E-state index contributed by atoms with van der Waals surface area (Å²) in [6.07, 6.45) is 0. The van der Waals surface area contributed by atoms with Gasteiger partial charge in [0.1, 0.15) is 5.15 Å². The van der Waals surface area contributed by atoms with Crippen molar-refractivity contribution in [2.45, 2.75) is 13.8 Å². The average molecular weight is 295 g/mol. The number of rotatable bonds is 2. The van der Waals surface area contributed by atoms with Gasteiger partial charge in [0, 0.05) is 10.6 Å². The number of nitrogens with one attached hydrogen (secondary N) is 1. The fraction of sp³-hybridized carbons (Fsp3) is 0.143. The Morgan fingerprint density at radius 1 is 1.16 bits per heavy atom. The van der Waals surface area contributed by atoms with E-state index in [9.17, 15) is 4.79 Å². The van der Waals surface area contributed by atoms with Crippen molar-refractivity contribution in [1.82, 2.24) is 4.98 Å². The first-order valence-electron chi connectivity index (χ1n) is 5.68. The Bertz CT molecular complexity index is 641. The summed E-state index contributed by atoms with van der Waals surface area (Å²) in [4.78, 5) is 16.3. The van der Waals surface area contributed by atoms with Crippen molar-refractivity contribution in [3.63, 3.8) is 0 Å². The van der Waals surface area contributed by atoms with E-state index in [1.54, 1.807) is 37.3 Å². The van der Waals surface area contributed by atoms with E-state index in [1.807, 2.05) is 6.92 Å². The number of halogens is 2. The normalized spacial score (nSPS) is 10.3. The number of carbonyl (C=O) groups excluding carboxylic acids is 1. The van der Waals surface area contributed by atoms with Crippen LogP contribution in [-0.2, 0) is 0 Å². The molecule has 0 aliphatic carbocycles. The number of amides is 1. The second kappa shape index (κ2) is 5.59. The van der Waals surface area contributed by atoms with Crippen LogP contribution in [0.25, 0.3) is 0 Å². The Kier molecular flexibility index (Phi) is 4.08. The summed E-state index contributed by atoms with van der Waals surface area (Å²) in [6.45, 7) is 3.63. The molecule has 0 spiro atoms. The van der Waals surface area contributed by atoms with Gasteiger partial charge in [-0.1, -0.05) is 23.2 Å². The predicted molar refractivity (Wildman–Crippen MR) is 78.1 cm³/mol. The molecular weight excluding hydrogens is 283 g/mol.